The molecule has 2 fully saturated rings. The van der Waals surface area contributed by atoms with Crippen LogP contribution in [0.15, 0.2) is 72.8 Å². The van der Waals surface area contributed by atoms with Crippen LogP contribution in [-0.2, 0) is 54.7 Å². The van der Waals surface area contributed by atoms with E-state index in [2.05, 4.69) is 90.2 Å². The Morgan fingerprint density at radius 2 is 0.905 bits per heavy atom. The molecule has 3 aromatic rings. The third-order valence-corrected chi connectivity index (χ3v) is 15.8. The number of nitrogens with zero attached hydrogens (tertiary/aromatic N) is 4. The van der Waals surface area contributed by atoms with E-state index in [-0.39, 0.29) is 47.5 Å². The van der Waals surface area contributed by atoms with Gasteiger partial charge in [0, 0.05) is 52.4 Å². The SMILES string of the molecule is CN[C@@H](C)C(=O)N[C@H](C(=O)N1CCN(Cc2ccc(CN3CCN(C(=O)[C@@H](NC(=O)[C@H](C)NC)C(C)(C)C)[C@H](C(=O)N[C@@H]4CCCc5ccccc54)C3)cc2)C[C@H]1C(=O)N[C@@H]1CCCc2ccccc21)C(C)(C)C. The number of hydrogen-bond donors (Lipinski definition) is 6. The van der Waals surface area contributed by atoms with Crippen molar-refractivity contribution in [2.24, 2.45) is 10.8 Å². The van der Waals surface area contributed by atoms with Crippen molar-refractivity contribution in [1.29, 1.82) is 0 Å². The van der Waals surface area contributed by atoms with Crippen LogP contribution < -0.4 is 31.9 Å². The summed E-state index contributed by atoms with van der Waals surface area (Å²) in [6.45, 7) is 18.5. The van der Waals surface area contributed by atoms with Crippen molar-refractivity contribution in [2.45, 2.75) is 155 Å². The van der Waals surface area contributed by atoms with E-state index in [1.165, 1.54) is 11.1 Å². The molecule has 0 radical (unpaired) electrons. The fraction of sp³-hybridized carbons (Fsp3) is 0.586. The van der Waals surface area contributed by atoms with Gasteiger partial charge in [0.05, 0.1) is 24.2 Å². The van der Waals surface area contributed by atoms with Crippen LogP contribution in [0.3, 0.4) is 0 Å². The summed E-state index contributed by atoms with van der Waals surface area (Å²) in [4.78, 5) is 92.8. The van der Waals surface area contributed by atoms with Crippen LogP contribution in [0.1, 0.15) is 127 Å². The number of aryl methyl sites for hydroxylation is 2. The van der Waals surface area contributed by atoms with E-state index >= 15 is 0 Å². The second-order valence-corrected chi connectivity index (χ2v) is 23.3. The summed E-state index contributed by atoms with van der Waals surface area (Å²) in [6, 6.07) is 20.3. The number of rotatable bonds is 16. The van der Waals surface area contributed by atoms with E-state index in [4.69, 9.17) is 0 Å². The van der Waals surface area contributed by atoms with Crippen LogP contribution in [-0.4, -0.2) is 145 Å². The Bertz CT molecular complexity index is 2300. The number of nitrogens with one attached hydrogen (secondary N) is 6. The average molecular weight is 1020 g/mol. The molecule has 2 aliphatic heterocycles. The van der Waals surface area contributed by atoms with Crippen molar-refractivity contribution in [1.82, 2.24) is 51.5 Å². The minimum Gasteiger partial charge on any atom is -0.347 e. The van der Waals surface area contributed by atoms with Gasteiger partial charge >= 0.3 is 0 Å². The topological polar surface area (TPSA) is 188 Å². The van der Waals surface area contributed by atoms with E-state index in [0.717, 1.165) is 60.8 Å². The van der Waals surface area contributed by atoms with Crippen molar-refractivity contribution >= 4 is 35.4 Å². The van der Waals surface area contributed by atoms with Gasteiger partial charge in [0.25, 0.3) is 0 Å². The number of hydrogen-bond acceptors (Lipinski definition) is 10. The zero-order chi connectivity index (χ0) is 53.5. The lowest BCUT2D eigenvalue weighted by Crippen LogP contribution is -2.66. The first-order valence-electron chi connectivity index (χ1n) is 27.0. The summed E-state index contributed by atoms with van der Waals surface area (Å²) >= 11 is 0. The molecule has 0 unspecified atom stereocenters. The quantitative estimate of drug-likeness (QED) is 0.120. The number of amides is 6. The highest BCUT2D eigenvalue weighted by molar-refractivity contribution is 5.95. The van der Waals surface area contributed by atoms with Crippen LogP contribution >= 0.6 is 0 Å². The van der Waals surface area contributed by atoms with Gasteiger partial charge in [-0.15, -0.1) is 0 Å². The first-order chi connectivity index (χ1) is 35.2. The van der Waals surface area contributed by atoms with Gasteiger partial charge in [-0.1, -0.05) is 114 Å². The smallest absolute Gasteiger partial charge is 0.246 e. The number of fused-ring (bicyclic) bond motifs is 2. The Hall–Kier alpha value is -5.68. The highest BCUT2D eigenvalue weighted by Gasteiger charge is 2.45. The van der Waals surface area contributed by atoms with Gasteiger partial charge in [0.2, 0.25) is 35.4 Å². The average Bonchev–Trinajstić information content (AvgIpc) is 3.38. The fourth-order valence-electron chi connectivity index (χ4n) is 11.0. The minimum atomic E-state index is -0.849. The Balaban J connectivity index is 1.07. The lowest BCUT2D eigenvalue weighted by molar-refractivity contribution is -0.149. The molecule has 16 heteroatoms. The molecule has 2 saturated heterocycles. The van der Waals surface area contributed by atoms with E-state index in [1.54, 1.807) is 37.7 Å². The highest BCUT2D eigenvalue weighted by Crippen LogP contribution is 2.33. The molecule has 402 valence electrons. The third-order valence-electron chi connectivity index (χ3n) is 15.8. The first-order valence-corrected chi connectivity index (χ1v) is 27.0. The van der Waals surface area contributed by atoms with Crippen molar-refractivity contribution in [3.8, 4) is 0 Å². The number of likely N-dealkylation sites (N-methyl/N-ethyl adjacent to an activating group) is 2. The fourth-order valence-corrected chi connectivity index (χ4v) is 11.0. The molecule has 16 nitrogen and oxygen atoms in total. The summed E-state index contributed by atoms with van der Waals surface area (Å²) in [5, 5.41) is 18.6. The summed E-state index contributed by atoms with van der Waals surface area (Å²) in [5.74, 6) is -1.52. The second-order valence-electron chi connectivity index (χ2n) is 23.3. The van der Waals surface area contributed by atoms with Gasteiger partial charge in [-0.25, -0.2) is 0 Å². The molecule has 8 atom stereocenters. The molecule has 3 aromatic carbocycles. The Kier molecular flexibility index (Phi) is 18.4. The summed E-state index contributed by atoms with van der Waals surface area (Å²) in [6.07, 6.45) is 5.46. The largest absolute Gasteiger partial charge is 0.347 e. The Morgan fingerprint density at radius 3 is 1.26 bits per heavy atom. The van der Waals surface area contributed by atoms with E-state index in [0.29, 0.717) is 52.4 Å². The zero-order valence-corrected chi connectivity index (χ0v) is 45.7. The number of carbonyl (C=O) groups excluding carboxylic acids is 6. The van der Waals surface area contributed by atoms with Gasteiger partial charge in [-0.05, 0) is 111 Å². The van der Waals surface area contributed by atoms with Gasteiger partial charge < -0.3 is 41.7 Å². The molecule has 2 aliphatic carbocycles. The van der Waals surface area contributed by atoms with Crippen molar-refractivity contribution in [3.05, 3.63) is 106 Å². The van der Waals surface area contributed by atoms with Crippen LogP contribution in [0.5, 0.6) is 0 Å². The molecular weight excluding hydrogens is 933 g/mol. The number of piperazine rings is 2. The molecule has 0 aromatic heterocycles. The Labute approximate surface area is 439 Å². The molecule has 74 heavy (non-hydrogen) atoms. The molecular formula is C58H84N10O6. The number of carbonyl (C=O) groups is 6. The molecule has 7 rings (SSSR count). The molecule has 0 spiro atoms. The first kappa shape index (κ1) is 56.1. The standard InChI is InChI=1S/C58H84N10O6/c1-37(59-9)51(69)63-49(57(3,4)5)55(73)67-31-29-65(35-47(67)53(71)61-45-23-15-19-41-17-11-13-21-43(41)45)33-39-25-27-40(28-26-39)34-66-30-32-68(56(74)50(58(6,7)8)64-52(70)38(2)60-10)48(36-66)54(72)62-46-24-16-20-42-18-12-14-22-44(42)46/h11-14,17-18,21-22,25-28,37-38,45-50,59-60H,15-16,19-20,23-24,29-36H2,1-10H3,(H,61,71)(H,62,72)(H,63,69)(H,64,70)/t37-,38-,45+,46+,47-,48-,49+,50+/m0/s1. The van der Waals surface area contributed by atoms with Crippen molar-refractivity contribution in [3.63, 3.8) is 0 Å². The highest BCUT2D eigenvalue weighted by atomic mass is 16.2. The van der Waals surface area contributed by atoms with Gasteiger partial charge in [0.1, 0.15) is 24.2 Å². The predicted molar refractivity (Wildman–Crippen MR) is 288 cm³/mol. The molecule has 6 N–H and O–H groups in total. The van der Waals surface area contributed by atoms with Crippen LogP contribution in [0.2, 0.25) is 0 Å². The molecule has 2 heterocycles. The maximum Gasteiger partial charge on any atom is 0.246 e. The lowest BCUT2D eigenvalue weighted by atomic mass is 9.85. The van der Waals surface area contributed by atoms with Crippen LogP contribution in [0.25, 0.3) is 0 Å². The second kappa shape index (κ2) is 24.3. The van der Waals surface area contributed by atoms with E-state index in [1.807, 2.05) is 65.8 Å². The van der Waals surface area contributed by atoms with Crippen LogP contribution in [0.4, 0.5) is 0 Å². The summed E-state index contributed by atoms with van der Waals surface area (Å²) in [7, 11) is 3.41. The predicted octanol–water partition coefficient (Wildman–Crippen LogP) is 4.38. The molecule has 4 aliphatic rings. The normalized spacial score (nSPS) is 22.2. The molecule has 6 amide bonds. The van der Waals surface area contributed by atoms with E-state index in [9.17, 15) is 28.8 Å². The monoisotopic (exact) mass is 1020 g/mol. The van der Waals surface area contributed by atoms with Crippen molar-refractivity contribution in [2.75, 3.05) is 53.4 Å². The van der Waals surface area contributed by atoms with Gasteiger partial charge in [0.15, 0.2) is 0 Å². The summed E-state index contributed by atoms with van der Waals surface area (Å²) < 4.78 is 0. The number of benzene rings is 3. The molecule has 0 saturated carbocycles. The van der Waals surface area contributed by atoms with Gasteiger partial charge in [-0.2, -0.15) is 0 Å². The lowest BCUT2D eigenvalue weighted by Gasteiger charge is -2.44. The zero-order valence-electron chi connectivity index (χ0n) is 45.7. The maximum absolute atomic E-state index is 14.7. The van der Waals surface area contributed by atoms with Crippen molar-refractivity contribution < 1.29 is 28.8 Å². The summed E-state index contributed by atoms with van der Waals surface area (Å²) in [5.41, 5.74) is 5.56. The van der Waals surface area contributed by atoms with E-state index < -0.39 is 47.1 Å². The Morgan fingerprint density at radius 1 is 0.541 bits per heavy atom. The molecule has 0 bridgehead atoms. The van der Waals surface area contributed by atoms with Gasteiger partial charge in [-0.3, -0.25) is 38.6 Å². The van der Waals surface area contributed by atoms with Crippen LogP contribution in [0, 0.1) is 10.8 Å². The third kappa shape index (κ3) is 13.6. The maximum atomic E-state index is 14.7. The minimum absolute atomic E-state index is 0.162.